The minimum Gasteiger partial charge on any atom is -0.348 e. The zero-order valence-electron chi connectivity index (χ0n) is 13.6. The Kier molecular flexibility index (Phi) is 4.75. The van der Waals surface area contributed by atoms with Crippen molar-refractivity contribution in [2.24, 2.45) is 0 Å². The van der Waals surface area contributed by atoms with Crippen LogP contribution in [-0.2, 0) is 6.54 Å². The van der Waals surface area contributed by atoms with Crippen LogP contribution in [0.25, 0.3) is 11.0 Å². The van der Waals surface area contributed by atoms with E-state index < -0.39 is 11.2 Å². The fourth-order valence-corrected chi connectivity index (χ4v) is 2.97. The summed E-state index contributed by atoms with van der Waals surface area (Å²) >= 11 is 0. The van der Waals surface area contributed by atoms with Crippen molar-refractivity contribution < 1.29 is 4.79 Å². The van der Waals surface area contributed by atoms with Gasteiger partial charge in [0.2, 0.25) is 0 Å². The number of carbonyl (C=O) groups is 1. The van der Waals surface area contributed by atoms with Crippen LogP contribution in [0.15, 0.2) is 21.9 Å². The number of hydrogen-bond acceptors (Lipinski definition) is 5. The van der Waals surface area contributed by atoms with E-state index in [-0.39, 0.29) is 17.3 Å². The molecule has 24 heavy (non-hydrogen) atoms. The normalized spacial score (nSPS) is 17.8. The average molecular weight is 331 g/mol. The number of pyridine rings is 1. The molecule has 1 aliphatic rings. The first-order valence-electron chi connectivity index (χ1n) is 8.24. The van der Waals surface area contributed by atoms with Crippen LogP contribution < -0.4 is 21.9 Å². The number of H-pyrrole nitrogens is 1. The molecule has 8 heteroatoms. The Balaban J connectivity index is 1.94. The molecule has 1 atom stereocenters. The van der Waals surface area contributed by atoms with Gasteiger partial charge < -0.3 is 10.6 Å². The van der Waals surface area contributed by atoms with Gasteiger partial charge in [-0.1, -0.05) is 6.92 Å². The van der Waals surface area contributed by atoms with Crippen LogP contribution >= 0.6 is 0 Å². The molecule has 0 saturated carbocycles. The molecule has 0 bridgehead atoms. The van der Waals surface area contributed by atoms with E-state index >= 15 is 0 Å². The molecule has 0 unspecified atom stereocenters. The lowest BCUT2D eigenvalue weighted by atomic mass is 10.1. The molecule has 8 nitrogen and oxygen atoms in total. The number of aromatic nitrogens is 3. The molecule has 2 aromatic heterocycles. The molecule has 128 valence electrons. The van der Waals surface area contributed by atoms with Crippen LogP contribution in [0.5, 0.6) is 0 Å². The molecule has 0 aromatic carbocycles. The van der Waals surface area contributed by atoms with Gasteiger partial charge in [0, 0.05) is 25.3 Å². The highest BCUT2D eigenvalue weighted by Crippen LogP contribution is 2.09. The first-order valence-corrected chi connectivity index (χ1v) is 8.24. The van der Waals surface area contributed by atoms with Gasteiger partial charge in [-0.25, -0.2) is 9.78 Å². The maximum atomic E-state index is 12.4. The number of aryl methyl sites for hydroxylation is 1. The number of fused-ring (bicyclic) bond motifs is 1. The molecule has 3 rings (SSSR count). The molecular formula is C16H21N5O3. The van der Waals surface area contributed by atoms with Gasteiger partial charge in [0.1, 0.15) is 5.65 Å². The van der Waals surface area contributed by atoms with E-state index in [1.807, 2.05) is 6.92 Å². The van der Waals surface area contributed by atoms with Crippen LogP contribution in [-0.4, -0.2) is 39.6 Å². The van der Waals surface area contributed by atoms with E-state index in [2.05, 4.69) is 20.6 Å². The van der Waals surface area contributed by atoms with Crippen molar-refractivity contribution in [3.05, 3.63) is 38.7 Å². The molecule has 2 aromatic rings. The highest BCUT2D eigenvalue weighted by atomic mass is 16.2. The highest BCUT2D eigenvalue weighted by Gasteiger charge is 2.18. The smallest absolute Gasteiger partial charge is 0.329 e. The number of hydrogen-bond donors (Lipinski definition) is 3. The van der Waals surface area contributed by atoms with Crippen molar-refractivity contribution in [2.75, 3.05) is 13.1 Å². The molecule has 0 spiro atoms. The van der Waals surface area contributed by atoms with E-state index in [1.54, 1.807) is 0 Å². The summed E-state index contributed by atoms with van der Waals surface area (Å²) in [5.41, 5.74) is -0.377. The van der Waals surface area contributed by atoms with Gasteiger partial charge in [-0.15, -0.1) is 0 Å². The summed E-state index contributed by atoms with van der Waals surface area (Å²) in [7, 11) is 0. The molecule has 1 fully saturated rings. The summed E-state index contributed by atoms with van der Waals surface area (Å²) in [5.74, 6) is -0.259. The number of carbonyl (C=O) groups excluding carboxylic acids is 1. The third-order valence-electron chi connectivity index (χ3n) is 4.17. The van der Waals surface area contributed by atoms with Gasteiger partial charge in [0.15, 0.2) is 0 Å². The number of nitrogens with one attached hydrogen (secondary N) is 3. The summed E-state index contributed by atoms with van der Waals surface area (Å²) in [6.45, 7) is 4.10. The standard InChI is InChI=1S/C16H21N5O3/c1-2-6-21-13-12(15(23)20-16(21)24)7-10(8-18-13)14(22)19-11-4-3-5-17-9-11/h7-8,11,17H,2-6,9H2,1H3,(H,19,22)(H,20,23,24)/t11-/m0/s1. The largest absolute Gasteiger partial charge is 0.348 e. The Morgan fingerprint density at radius 3 is 3.00 bits per heavy atom. The molecule has 1 saturated heterocycles. The zero-order chi connectivity index (χ0) is 17.1. The Morgan fingerprint density at radius 2 is 2.29 bits per heavy atom. The van der Waals surface area contributed by atoms with E-state index in [1.165, 1.54) is 16.8 Å². The Bertz CT molecular complexity index is 864. The number of rotatable bonds is 4. The average Bonchev–Trinajstić information content (AvgIpc) is 2.59. The van der Waals surface area contributed by atoms with Gasteiger partial charge in [0.25, 0.3) is 11.5 Å². The first-order chi connectivity index (χ1) is 11.6. The molecular weight excluding hydrogens is 310 g/mol. The third-order valence-corrected chi connectivity index (χ3v) is 4.17. The van der Waals surface area contributed by atoms with Crippen molar-refractivity contribution in [3.63, 3.8) is 0 Å². The zero-order valence-corrected chi connectivity index (χ0v) is 13.6. The van der Waals surface area contributed by atoms with Crippen LogP contribution in [0.3, 0.4) is 0 Å². The third kappa shape index (κ3) is 3.23. The summed E-state index contributed by atoms with van der Waals surface area (Å²) in [6, 6.07) is 1.58. The SMILES string of the molecule is CCCn1c(=O)[nH]c(=O)c2cc(C(=O)N[C@H]3CCCNC3)cnc21. The predicted octanol–water partition coefficient (Wildman–Crippen LogP) is -0.0234. The van der Waals surface area contributed by atoms with E-state index in [9.17, 15) is 14.4 Å². The molecule has 3 N–H and O–H groups in total. The summed E-state index contributed by atoms with van der Waals surface area (Å²) in [4.78, 5) is 42.8. The number of amides is 1. The quantitative estimate of drug-likeness (QED) is 0.729. The number of aromatic amines is 1. The molecule has 3 heterocycles. The predicted molar refractivity (Wildman–Crippen MR) is 90.3 cm³/mol. The first kappa shape index (κ1) is 16.4. The van der Waals surface area contributed by atoms with Crippen LogP contribution in [0.2, 0.25) is 0 Å². The fourth-order valence-electron chi connectivity index (χ4n) is 2.97. The minimum absolute atomic E-state index is 0.0780. The Morgan fingerprint density at radius 1 is 1.46 bits per heavy atom. The van der Waals surface area contributed by atoms with Crippen molar-refractivity contribution in [2.45, 2.75) is 38.8 Å². The maximum Gasteiger partial charge on any atom is 0.329 e. The van der Waals surface area contributed by atoms with Crippen molar-refractivity contribution in [1.82, 2.24) is 25.2 Å². The van der Waals surface area contributed by atoms with Gasteiger partial charge in [-0.05, 0) is 31.9 Å². The highest BCUT2D eigenvalue weighted by molar-refractivity contribution is 5.96. The second kappa shape index (κ2) is 6.96. The van der Waals surface area contributed by atoms with E-state index in [0.29, 0.717) is 17.8 Å². The summed E-state index contributed by atoms with van der Waals surface area (Å²) < 4.78 is 1.42. The monoisotopic (exact) mass is 331 g/mol. The van der Waals surface area contributed by atoms with Gasteiger partial charge in [-0.3, -0.25) is 19.1 Å². The van der Waals surface area contributed by atoms with Crippen LogP contribution in [0.1, 0.15) is 36.5 Å². The van der Waals surface area contributed by atoms with Crippen molar-refractivity contribution >= 4 is 16.9 Å². The lowest BCUT2D eigenvalue weighted by Crippen LogP contribution is -2.45. The Hall–Kier alpha value is -2.48. The number of piperidine rings is 1. The summed E-state index contributed by atoms with van der Waals surface area (Å²) in [6.07, 6.45) is 4.10. The van der Waals surface area contributed by atoms with Gasteiger partial charge >= 0.3 is 5.69 Å². The van der Waals surface area contributed by atoms with Crippen LogP contribution in [0, 0.1) is 0 Å². The maximum absolute atomic E-state index is 12.4. The molecule has 1 amide bonds. The lowest BCUT2D eigenvalue weighted by Gasteiger charge is -2.23. The topological polar surface area (TPSA) is 109 Å². The van der Waals surface area contributed by atoms with Gasteiger partial charge in [-0.2, -0.15) is 0 Å². The van der Waals surface area contributed by atoms with Crippen molar-refractivity contribution in [1.29, 1.82) is 0 Å². The fraction of sp³-hybridized carbons (Fsp3) is 0.500. The Labute approximate surface area is 138 Å². The second-order valence-corrected chi connectivity index (χ2v) is 6.02. The van der Waals surface area contributed by atoms with Gasteiger partial charge in [0.05, 0.1) is 10.9 Å². The molecule has 0 aliphatic carbocycles. The van der Waals surface area contributed by atoms with E-state index in [4.69, 9.17) is 0 Å². The summed E-state index contributed by atoms with van der Waals surface area (Å²) in [5, 5.41) is 6.43. The lowest BCUT2D eigenvalue weighted by molar-refractivity contribution is 0.0930. The molecule has 0 radical (unpaired) electrons. The van der Waals surface area contributed by atoms with E-state index in [0.717, 1.165) is 32.4 Å². The minimum atomic E-state index is -0.524. The second-order valence-electron chi connectivity index (χ2n) is 6.02. The van der Waals surface area contributed by atoms with Crippen LogP contribution in [0.4, 0.5) is 0 Å². The van der Waals surface area contributed by atoms with Crippen molar-refractivity contribution in [3.8, 4) is 0 Å². The number of nitrogens with zero attached hydrogens (tertiary/aromatic N) is 2. The molecule has 1 aliphatic heterocycles.